The summed E-state index contributed by atoms with van der Waals surface area (Å²) in [7, 11) is 0. The predicted molar refractivity (Wildman–Crippen MR) is 69.6 cm³/mol. The van der Waals surface area contributed by atoms with E-state index >= 15 is 0 Å². The van der Waals surface area contributed by atoms with E-state index in [9.17, 15) is 4.79 Å². The van der Waals surface area contributed by atoms with Gasteiger partial charge in [0.1, 0.15) is 5.69 Å². The molecule has 3 rings (SSSR count). The van der Waals surface area contributed by atoms with Gasteiger partial charge in [0.15, 0.2) is 0 Å². The summed E-state index contributed by atoms with van der Waals surface area (Å²) >= 11 is 0. The Kier molecular flexibility index (Phi) is 2.88. The Bertz CT molecular complexity index is 456. The van der Waals surface area contributed by atoms with Gasteiger partial charge in [-0.1, -0.05) is 32.6 Å². The Hall–Kier alpha value is -1.32. The van der Waals surface area contributed by atoms with Gasteiger partial charge in [-0.05, 0) is 18.3 Å². The van der Waals surface area contributed by atoms with Gasteiger partial charge >= 0.3 is 0 Å². The molecule has 0 aromatic carbocycles. The maximum atomic E-state index is 12.1. The summed E-state index contributed by atoms with van der Waals surface area (Å²) in [4.78, 5) is 12.1. The average Bonchev–Trinajstić information content (AvgIpc) is 2.68. The second kappa shape index (κ2) is 4.41. The van der Waals surface area contributed by atoms with Gasteiger partial charge in [-0.3, -0.25) is 9.48 Å². The van der Waals surface area contributed by atoms with Gasteiger partial charge in [0.05, 0.1) is 12.7 Å². The largest absolute Gasteiger partial charge is 0.349 e. The fourth-order valence-electron chi connectivity index (χ4n) is 3.37. The third-order valence-corrected chi connectivity index (χ3v) is 4.52. The van der Waals surface area contributed by atoms with Crippen molar-refractivity contribution in [2.45, 2.75) is 57.4 Å². The van der Waals surface area contributed by atoms with E-state index in [0.717, 1.165) is 12.2 Å². The standard InChI is InChI=1S/C14H21N3O/c1-14(6-4-2-3-5-7-14)11-10-16-17-9-8-15-13(18)12(11)17/h10H,2-9H2,1H3,(H,15,18). The third-order valence-electron chi connectivity index (χ3n) is 4.52. The van der Waals surface area contributed by atoms with Crippen LogP contribution in [0.25, 0.3) is 0 Å². The number of carbonyl (C=O) groups excluding carboxylic acids is 1. The first kappa shape index (κ1) is 11.8. The van der Waals surface area contributed by atoms with E-state index in [4.69, 9.17) is 0 Å². The van der Waals surface area contributed by atoms with Crippen LogP contribution in [-0.4, -0.2) is 22.2 Å². The lowest BCUT2D eigenvalue weighted by molar-refractivity contribution is 0.0921. The van der Waals surface area contributed by atoms with Crippen LogP contribution in [0.4, 0.5) is 0 Å². The van der Waals surface area contributed by atoms with Crippen molar-refractivity contribution in [2.75, 3.05) is 6.54 Å². The number of nitrogens with one attached hydrogen (secondary N) is 1. The molecule has 1 aromatic heterocycles. The van der Waals surface area contributed by atoms with E-state index in [-0.39, 0.29) is 11.3 Å². The first-order valence-electron chi connectivity index (χ1n) is 7.05. The maximum absolute atomic E-state index is 12.1. The van der Waals surface area contributed by atoms with Gasteiger partial charge in [-0.25, -0.2) is 0 Å². The molecule has 1 N–H and O–H groups in total. The molecule has 1 amide bonds. The fourth-order valence-corrected chi connectivity index (χ4v) is 3.37. The van der Waals surface area contributed by atoms with Crippen LogP contribution in [0, 0.1) is 0 Å². The Morgan fingerprint density at radius 2 is 2.00 bits per heavy atom. The lowest BCUT2D eigenvalue weighted by Crippen LogP contribution is -2.38. The predicted octanol–water partition coefficient (Wildman–Crippen LogP) is 2.24. The van der Waals surface area contributed by atoms with Crippen LogP contribution < -0.4 is 5.32 Å². The molecule has 98 valence electrons. The third kappa shape index (κ3) is 1.84. The van der Waals surface area contributed by atoms with E-state index in [0.29, 0.717) is 6.54 Å². The zero-order valence-corrected chi connectivity index (χ0v) is 11.0. The molecule has 0 bridgehead atoms. The highest BCUT2D eigenvalue weighted by molar-refractivity contribution is 5.94. The summed E-state index contributed by atoms with van der Waals surface area (Å²) in [5.74, 6) is 0.0548. The topological polar surface area (TPSA) is 46.9 Å². The summed E-state index contributed by atoms with van der Waals surface area (Å²) in [6.45, 7) is 3.80. The lowest BCUT2D eigenvalue weighted by Gasteiger charge is -2.29. The number of carbonyl (C=O) groups is 1. The molecule has 2 aliphatic rings. The van der Waals surface area contributed by atoms with Gasteiger partial charge in [0.2, 0.25) is 0 Å². The summed E-state index contributed by atoms with van der Waals surface area (Å²) < 4.78 is 1.88. The Morgan fingerprint density at radius 3 is 2.72 bits per heavy atom. The molecule has 1 aliphatic carbocycles. The quantitative estimate of drug-likeness (QED) is 0.774. The zero-order valence-electron chi connectivity index (χ0n) is 11.0. The normalized spacial score (nSPS) is 23.1. The number of aromatic nitrogens is 2. The molecule has 4 heteroatoms. The highest BCUT2D eigenvalue weighted by Crippen LogP contribution is 2.39. The molecule has 18 heavy (non-hydrogen) atoms. The smallest absolute Gasteiger partial charge is 0.269 e. The molecule has 4 nitrogen and oxygen atoms in total. The number of amides is 1. The van der Waals surface area contributed by atoms with Crippen LogP contribution in [0.5, 0.6) is 0 Å². The van der Waals surface area contributed by atoms with Gasteiger partial charge < -0.3 is 5.32 Å². The molecule has 0 unspecified atom stereocenters. The van der Waals surface area contributed by atoms with E-state index < -0.39 is 0 Å². The fraction of sp³-hybridized carbons (Fsp3) is 0.714. The molecule has 2 heterocycles. The molecule has 1 saturated carbocycles. The molecule has 1 fully saturated rings. The van der Waals surface area contributed by atoms with E-state index in [1.54, 1.807) is 0 Å². The van der Waals surface area contributed by atoms with E-state index in [1.807, 2.05) is 10.9 Å². The summed E-state index contributed by atoms with van der Waals surface area (Å²) in [5, 5.41) is 7.35. The van der Waals surface area contributed by atoms with Crippen molar-refractivity contribution < 1.29 is 4.79 Å². The molecule has 0 atom stereocenters. The van der Waals surface area contributed by atoms with Crippen molar-refractivity contribution in [1.29, 1.82) is 0 Å². The second-order valence-electron chi connectivity index (χ2n) is 5.86. The van der Waals surface area contributed by atoms with Crippen LogP contribution in [0.2, 0.25) is 0 Å². The SMILES string of the molecule is CC1(c2cnn3c2C(=O)NCC3)CCCCCC1. The number of hydrogen-bond donors (Lipinski definition) is 1. The monoisotopic (exact) mass is 247 g/mol. The second-order valence-corrected chi connectivity index (χ2v) is 5.86. The lowest BCUT2D eigenvalue weighted by atomic mass is 9.76. The summed E-state index contributed by atoms with van der Waals surface area (Å²) in [6, 6.07) is 0. The van der Waals surface area contributed by atoms with E-state index in [1.165, 1.54) is 44.1 Å². The highest BCUT2D eigenvalue weighted by Gasteiger charge is 2.35. The first-order chi connectivity index (χ1) is 8.71. The Morgan fingerprint density at radius 1 is 1.28 bits per heavy atom. The minimum Gasteiger partial charge on any atom is -0.349 e. The number of rotatable bonds is 1. The van der Waals surface area contributed by atoms with Crippen LogP contribution >= 0.6 is 0 Å². The van der Waals surface area contributed by atoms with Crippen LogP contribution in [0.1, 0.15) is 61.5 Å². The van der Waals surface area contributed by atoms with Crippen LogP contribution in [-0.2, 0) is 12.0 Å². The Labute approximate surface area is 108 Å². The maximum Gasteiger partial charge on any atom is 0.269 e. The zero-order chi connectivity index (χ0) is 12.6. The molecule has 1 aliphatic heterocycles. The first-order valence-corrected chi connectivity index (χ1v) is 7.05. The summed E-state index contributed by atoms with van der Waals surface area (Å²) in [5.41, 5.74) is 2.12. The highest BCUT2D eigenvalue weighted by atomic mass is 16.2. The van der Waals surface area contributed by atoms with E-state index in [2.05, 4.69) is 17.3 Å². The molecule has 0 radical (unpaired) electrons. The van der Waals surface area contributed by atoms with Crippen LogP contribution in [0.3, 0.4) is 0 Å². The molecular weight excluding hydrogens is 226 g/mol. The molecular formula is C14H21N3O. The van der Waals surface area contributed by atoms with Gasteiger partial charge in [-0.15, -0.1) is 0 Å². The van der Waals surface area contributed by atoms with Crippen molar-refractivity contribution >= 4 is 5.91 Å². The van der Waals surface area contributed by atoms with Crippen molar-refractivity contribution in [3.63, 3.8) is 0 Å². The number of fused-ring (bicyclic) bond motifs is 1. The molecule has 1 aromatic rings. The van der Waals surface area contributed by atoms with Crippen molar-refractivity contribution in [1.82, 2.24) is 15.1 Å². The van der Waals surface area contributed by atoms with Gasteiger partial charge in [-0.2, -0.15) is 5.10 Å². The van der Waals surface area contributed by atoms with Crippen molar-refractivity contribution in [3.8, 4) is 0 Å². The average molecular weight is 247 g/mol. The number of hydrogen-bond acceptors (Lipinski definition) is 2. The Balaban J connectivity index is 2.00. The molecule has 0 saturated heterocycles. The minimum atomic E-state index is 0.0548. The molecule has 0 spiro atoms. The van der Waals surface area contributed by atoms with Crippen molar-refractivity contribution in [2.24, 2.45) is 0 Å². The van der Waals surface area contributed by atoms with Gasteiger partial charge in [0.25, 0.3) is 5.91 Å². The van der Waals surface area contributed by atoms with Crippen molar-refractivity contribution in [3.05, 3.63) is 17.5 Å². The summed E-state index contributed by atoms with van der Waals surface area (Å²) in [6.07, 6.45) is 9.48. The number of nitrogens with zero attached hydrogens (tertiary/aromatic N) is 2. The minimum absolute atomic E-state index is 0.0548. The van der Waals surface area contributed by atoms with Crippen LogP contribution in [0.15, 0.2) is 6.20 Å². The van der Waals surface area contributed by atoms with Gasteiger partial charge in [0, 0.05) is 12.1 Å².